The van der Waals surface area contributed by atoms with Crippen molar-refractivity contribution in [3.8, 4) is 5.75 Å². The molecule has 0 aliphatic carbocycles. The lowest BCUT2D eigenvalue weighted by Crippen LogP contribution is -2.24. The van der Waals surface area contributed by atoms with Gasteiger partial charge in [-0.2, -0.15) is 0 Å². The maximum atomic E-state index is 12.2. The number of halogens is 3. The van der Waals surface area contributed by atoms with Gasteiger partial charge in [-0.1, -0.05) is 24.6 Å². The van der Waals surface area contributed by atoms with Crippen LogP contribution in [0.2, 0.25) is 0 Å². The minimum Gasteiger partial charge on any atom is -0.405 e. The largest absolute Gasteiger partial charge is 0.573 e. The van der Waals surface area contributed by atoms with E-state index in [0.717, 1.165) is 12.8 Å². The first kappa shape index (κ1) is 17.3. The Kier molecular flexibility index (Phi) is 7.01. The Hall–Kier alpha value is -1.76. The van der Waals surface area contributed by atoms with E-state index in [1.165, 1.54) is 18.2 Å². The first-order valence-corrected chi connectivity index (χ1v) is 6.73. The molecule has 0 spiro atoms. The van der Waals surface area contributed by atoms with E-state index in [1.807, 2.05) is 0 Å². The second kappa shape index (κ2) is 8.51. The molecule has 1 aromatic carbocycles. The number of rotatable bonds is 8. The normalized spacial score (nSPS) is 11.2. The van der Waals surface area contributed by atoms with Gasteiger partial charge >= 0.3 is 6.36 Å². The summed E-state index contributed by atoms with van der Waals surface area (Å²) in [5.41, 5.74) is 5.62. The maximum Gasteiger partial charge on any atom is 0.573 e. The van der Waals surface area contributed by atoms with Crippen molar-refractivity contribution in [2.45, 2.75) is 38.6 Å². The summed E-state index contributed by atoms with van der Waals surface area (Å²) in [6.07, 6.45) is -1.98. The second-order valence-electron chi connectivity index (χ2n) is 4.53. The highest BCUT2D eigenvalue weighted by Crippen LogP contribution is 2.26. The molecule has 118 valence electrons. The SMILES string of the molecule is NCCCCCC(=O)NCc1ccccc1OC(F)(F)F. The Bertz CT molecular complexity index is 450. The van der Waals surface area contributed by atoms with E-state index in [9.17, 15) is 18.0 Å². The van der Waals surface area contributed by atoms with Gasteiger partial charge in [0.25, 0.3) is 0 Å². The van der Waals surface area contributed by atoms with E-state index in [4.69, 9.17) is 5.73 Å². The summed E-state index contributed by atoms with van der Waals surface area (Å²) in [6, 6.07) is 5.73. The first-order valence-electron chi connectivity index (χ1n) is 6.73. The number of unbranched alkanes of at least 4 members (excludes halogenated alkanes) is 2. The molecule has 0 radical (unpaired) electrons. The number of carbonyl (C=O) groups excluding carboxylic acids is 1. The van der Waals surface area contributed by atoms with E-state index < -0.39 is 6.36 Å². The minimum atomic E-state index is -4.75. The molecule has 0 atom stereocenters. The van der Waals surface area contributed by atoms with Crippen molar-refractivity contribution in [1.82, 2.24) is 5.32 Å². The van der Waals surface area contributed by atoms with Crippen molar-refractivity contribution in [1.29, 1.82) is 0 Å². The van der Waals surface area contributed by atoms with Crippen molar-refractivity contribution in [3.05, 3.63) is 29.8 Å². The summed E-state index contributed by atoms with van der Waals surface area (Å²) in [5, 5.41) is 2.58. The standard InChI is InChI=1S/C14H19F3N2O2/c15-14(16,17)21-12-7-4-3-6-11(12)10-19-13(20)8-2-1-5-9-18/h3-4,6-7H,1-2,5,8-10,18H2,(H,19,20). The van der Waals surface area contributed by atoms with Crippen LogP contribution in [0.25, 0.3) is 0 Å². The van der Waals surface area contributed by atoms with Gasteiger partial charge in [-0.05, 0) is 25.5 Å². The smallest absolute Gasteiger partial charge is 0.405 e. The third-order valence-electron chi connectivity index (χ3n) is 2.78. The zero-order valence-electron chi connectivity index (χ0n) is 11.6. The molecule has 0 heterocycles. The highest BCUT2D eigenvalue weighted by molar-refractivity contribution is 5.75. The molecule has 0 saturated heterocycles. The molecule has 0 fully saturated rings. The van der Waals surface area contributed by atoms with Crippen LogP contribution in [0, 0.1) is 0 Å². The van der Waals surface area contributed by atoms with E-state index in [1.54, 1.807) is 6.07 Å². The monoisotopic (exact) mass is 304 g/mol. The van der Waals surface area contributed by atoms with Crippen LogP contribution in [0.4, 0.5) is 13.2 Å². The van der Waals surface area contributed by atoms with Crippen LogP contribution in [0.5, 0.6) is 5.75 Å². The van der Waals surface area contributed by atoms with Crippen LogP contribution in [0.1, 0.15) is 31.2 Å². The van der Waals surface area contributed by atoms with E-state index in [-0.39, 0.29) is 23.8 Å². The van der Waals surface area contributed by atoms with Gasteiger partial charge in [0.05, 0.1) is 0 Å². The van der Waals surface area contributed by atoms with Gasteiger partial charge in [0.2, 0.25) is 5.91 Å². The Balaban J connectivity index is 2.46. The number of ether oxygens (including phenoxy) is 1. The summed E-state index contributed by atoms with van der Waals surface area (Å²) in [5.74, 6) is -0.498. The summed E-state index contributed by atoms with van der Waals surface area (Å²) in [7, 11) is 0. The van der Waals surface area contributed by atoms with Gasteiger partial charge in [0.1, 0.15) is 5.75 Å². The van der Waals surface area contributed by atoms with Crippen molar-refractivity contribution < 1.29 is 22.7 Å². The Morgan fingerprint density at radius 3 is 2.57 bits per heavy atom. The van der Waals surface area contributed by atoms with Crippen LogP contribution in [-0.2, 0) is 11.3 Å². The predicted molar refractivity (Wildman–Crippen MR) is 72.5 cm³/mol. The lowest BCUT2D eigenvalue weighted by atomic mass is 10.1. The van der Waals surface area contributed by atoms with E-state index >= 15 is 0 Å². The van der Waals surface area contributed by atoms with Crippen molar-refractivity contribution in [3.63, 3.8) is 0 Å². The molecule has 0 aromatic heterocycles. The molecule has 0 aliphatic heterocycles. The maximum absolute atomic E-state index is 12.2. The number of hydrogen-bond donors (Lipinski definition) is 2. The number of nitrogens with two attached hydrogens (primary N) is 1. The van der Waals surface area contributed by atoms with Gasteiger partial charge in [0, 0.05) is 18.5 Å². The fraction of sp³-hybridized carbons (Fsp3) is 0.500. The van der Waals surface area contributed by atoms with Crippen LogP contribution in [-0.4, -0.2) is 18.8 Å². The van der Waals surface area contributed by atoms with Crippen molar-refractivity contribution >= 4 is 5.91 Å². The van der Waals surface area contributed by atoms with Gasteiger partial charge < -0.3 is 15.8 Å². The molecular weight excluding hydrogens is 285 g/mol. The summed E-state index contributed by atoms with van der Waals surface area (Å²) in [6.45, 7) is 0.589. The van der Waals surface area contributed by atoms with Gasteiger partial charge in [-0.25, -0.2) is 0 Å². The lowest BCUT2D eigenvalue weighted by molar-refractivity contribution is -0.274. The molecule has 1 amide bonds. The third-order valence-corrected chi connectivity index (χ3v) is 2.78. The molecule has 7 heteroatoms. The zero-order chi connectivity index (χ0) is 15.7. The number of benzene rings is 1. The molecule has 0 unspecified atom stereocenters. The molecular formula is C14H19F3N2O2. The Morgan fingerprint density at radius 2 is 1.90 bits per heavy atom. The quantitative estimate of drug-likeness (QED) is 0.726. The molecule has 4 nitrogen and oxygen atoms in total. The lowest BCUT2D eigenvalue weighted by Gasteiger charge is -2.13. The van der Waals surface area contributed by atoms with Crippen LogP contribution in [0.15, 0.2) is 24.3 Å². The van der Waals surface area contributed by atoms with Gasteiger partial charge in [-0.3, -0.25) is 4.79 Å². The average molecular weight is 304 g/mol. The minimum absolute atomic E-state index is 0.00196. The molecule has 0 saturated carbocycles. The molecule has 0 bridgehead atoms. The molecule has 1 aromatic rings. The Morgan fingerprint density at radius 1 is 1.19 bits per heavy atom. The predicted octanol–water partition coefficient (Wildman–Crippen LogP) is 2.72. The summed E-state index contributed by atoms with van der Waals surface area (Å²) in [4.78, 5) is 11.6. The van der Waals surface area contributed by atoms with Crippen LogP contribution < -0.4 is 15.8 Å². The fourth-order valence-corrected chi connectivity index (χ4v) is 1.76. The molecule has 3 N–H and O–H groups in total. The third kappa shape index (κ3) is 7.55. The highest BCUT2D eigenvalue weighted by Gasteiger charge is 2.31. The van der Waals surface area contributed by atoms with Crippen LogP contribution >= 0.6 is 0 Å². The molecule has 21 heavy (non-hydrogen) atoms. The Labute approximate surface area is 121 Å². The van der Waals surface area contributed by atoms with Gasteiger partial charge in [0.15, 0.2) is 0 Å². The number of para-hydroxylation sites is 1. The van der Waals surface area contributed by atoms with E-state index in [0.29, 0.717) is 19.4 Å². The second-order valence-corrected chi connectivity index (χ2v) is 4.53. The number of nitrogens with one attached hydrogen (secondary N) is 1. The number of amides is 1. The average Bonchev–Trinajstić information content (AvgIpc) is 2.41. The number of carbonyl (C=O) groups is 1. The zero-order valence-corrected chi connectivity index (χ0v) is 11.6. The topological polar surface area (TPSA) is 64.4 Å². The summed E-state index contributed by atoms with van der Waals surface area (Å²) >= 11 is 0. The fourth-order valence-electron chi connectivity index (χ4n) is 1.76. The number of alkyl halides is 3. The van der Waals surface area contributed by atoms with Crippen molar-refractivity contribution in [2.24, 2.45) is 5.73 Å². The highest BCUT2D eigenvalue weighted by atomic mass is 19.4. The molecule has 0 aliphatic rings. The number of hydrogen-bond acceptors (Lipinski definition) is 3. The first-order chi connectivity index (χ1) is 9.92. The van der Waals surface area contributed by atoms with Crippen LogP contribution in [0.3, 0.4) is 0 Å². The van der Waals surface area contributed by atoms with Gasteiger partial charge in [-0.15, -0.1) is 13.2 Å². The summed E-state index contributed by atoms with van der Waals surface area (Å²) < 4.78 is 40.6. The van der Waals surface area contributed by atoms with Crippen molar-refractivity contribution in [2.75, 3.05) is 6.54 Å². The van der Waals surface area contributed by atoms with E-state index in [2.05, 4.69) is 10.1 Å². The molecule has 1 rings (SSSR count).